The fourth-order valence-electron chi connectivity index (χ4n) is 6.68. The second kappa shape index (κ2) is 41.2. The van der Waals surface area contributed by atoms with Gasteiger partial charge in [-0.25, -0.2) is 0 Å². The second-order valence-corrected chi connectivity index (χ2v) is 15.3. The molecule has 0 aliphatic rings. The number of carbonyl (C=O) groups is 3. The van der Waals surface area contributed by atoms with Crippen LogP contribution in [0.2, 0.25) is 0 Å². The molecule has 0 heterocycles. The molecule has 0 aliphatic heterocycles. The molecule has 0 aromatic carbocycles. The molecule has 0 radical (unpaired) electrons. The minimum Gasteiger partial charge on any atom is -0.462 e. The SMILES string of the molecule is CCCCCCCCCCCCCCCCCC(=O)O[C@H](COC(=O)CCCCCCC)COC(=O)CCCCCCCCCCCCCCC. The van der Waals surface area contributed by atoms with Crippen LogP contribution in [0.3, 0.4) is 0 Å². The number of esters is 3. The molecule has 0 unspecified atom stereocenters. The van der Waals surface area contributed by atoms with Gasteiger partial charge in [-0.3, -0.25) is 14.4 Å². The van der Waals surface area contributed by atoms with Gasteiger partial charge in [0.25, 0.3) is 0 Å². The van der Waals surface area contributed by atoms with Gasteiger partial charge in [0.15, 0.2) is 6.10 Å². The second-order valence-electron chi connectivity index (χ2n) is 15.3. The monoisotopic (exact) mass is 723 g/mol. The van der Waals surface area contributed by atoms with Gasteiger partial charge in [-0.15, -0.1) is 0 Å². The lowest BCUT2D eigenvalue weighted by Gasteiger charge is -2.18. The summed E-state index contributed by atoms with van der Waals surface area (Å²) in [6, 6.07) is 0. The predicted molar refractivity (Wildman–Crippen MR) is 215 cm³/mol. The van der Waals surface area contributed by atoms with Crippen LogP contribution >= 0.6 is 0 Å². The van der Waals surface area contributed by atoms with Crippen molar-refractivity contribution >= 4 is 17.9 Å². The highest BCUT2D eigenvalue weighted by atomic mass is 16.6. The molecule has 51 heavy (non-hydrogen) atoms. The maximum atomic E-state index is 12.7. The van der Waals surface area contributed by atoms with Crippen LogP contribution < -0.4 is 0 Å². The van der Waals surface area contributed by atoms with Crippen molar-refractivity contribution in [3.8, 4) is 0 Å². The number of ether oxygens (including phenoxy) is 3. The Balaban J connectivity index is 4.18. The van der Waals surface area contributed by atoms with Crippen molar-refractivity contribution in [3.05, 3.63) is 0 Å². The van der Waals surface area contributed by atoms with Crippen molar-refractivity contribution in [2.45, 2.75) is 258 Å². The molecular formula is C45H86O6. The first-order valence-electron chi connectivity index (χ1n) is 22.5. The van der Waals surface area contributed by atoms with Gasteiger partial charge in [-0.1, -0.05) is 213 Å². The first kappa shape index (κ1) is 49.4. The largest absolute Gasteiger partial charge is 0.462 e. The van der Waals surface area contributed by atoms with Crippen LogP contribution in [0.5, 0.6) is 0 Å². The fourth-order valence-corrected chi connectivity index (χ4v) is 6.68. The van der Waals surface area contributed by atoms with E-state index in [1.807, 2.05) is 0 Å². The maximum absolute atomic E-state index is 12.7. The molecule has 0 saturated heterocycles. The molecule has 0 amide bonds. The summed E-state index contributed by atoms with van der Waals surface area (Å²) in [7, 11) is 0. The van der Waals surface area contributed by atoms with E-state index in [1.54, 1.807) is 0 Å². The third-order valence-corrected chi connectivity index (χ3v) is 10.1. The van der Waals surface area contributed by atoms with Crippen molar-refractivity contribution in [2.24, 2.45) is 0 Å². The number of unbranched alkanes of at least 4 members (excludes halogenated alkanes) is 30. The first-order valence-corrected chi connectivity index (χ1v) is 22.5. The van der Waals surface area contributed by atoms with E-state index in [9.17, 15) is 14.4 Å². The molecule has 1 atom stereocenters. The number of hydrogen-bond acceptors (Lipinski definition) is 6. The molecule has 0 aliphatic carbocycles. The molecular weight excluding hydrogens is 636 g/mol. The smallest absolute Gasteiger partial charge is 0.306 e. The van der Waals surface area contributed by atoms with Gasteiger partial charge in [0, 0.05) is 19.3 Å². The Labute approximate surface area is 317 Å². The Kier molecular flexibility index (Phi) is 39.9. The summed E-state index contributed by atoms with van der Waals surface area (Å²) in [5.74, 6) is -0.866. The highest BCUT2D eigenvalue weighted by Crippen LogP contribution is 2.16. The first-order chi connectivity index (χ1) is 25.0. The lowest BCUT2D eigenvalue weighted by molar-refractivity contribution is -0.167. The van der Waals surface area contributed by atoms with Crippen LogP contribution in [0.25, 0.3) is 0 Å². The number of rotatable bonds is 41. The lowest BCUT2D eigenvalue weighted by atomic mass is 10.0. The zero-order valence-electron chi connectivity index (χ0n) is 34.4. The molecule has 0 rings (SSSR count). The molecule has 6 nitrogen and oxygen atoms in total. The number of carbonyl (C=O) groups excluding carboxylic acids is 3. The molecule has 0 bridgehead atoms. The minimum absolute atomic E-state index is 0.0638. The van der Waals surface area contributed by atoms with Gasteiger partial charge >= 0.3 is 17.9 Å². The highest BCUT2D eigenvalue weighted by Gasteiger charge is 2.19. The molecule has 0 saturated carbocycles. The Morgan fingerprint density at radius 3 is 0.784 bits per heavy atom. The van der Waals surface area contributed by atoms with Gasteiger partial charge in [0.2, 0.25) is 0 Å². The van der Waals surface area contributed by atoms with Crippen LogP contribution in [0.4, 0.5) is 0 Å². The summed E-state index contributed by atoms with van der Waals surface area (Å²) >= 11 is 0. The molecule has 0 aromatic rings. The summed E-state index contributed by atoms with van der Waals surface area (Å²) in [5, 5.41) is 0. The topological polar surface area (TPSA) is 78.9 Å². The van der Waals surface area contributed by atoms with Gasteiger partial charge in [0.1, 0.15) is 13.2 Å². The Bertz CT molecular complexity index is 753. The van der Waals surface area contributed by atoms with E-state index in [4.69, 9.17) is 14.2 Å². The van der Waals surface area contributed by atoms with Crippen molar-refractivity contribution in [1.82, 2.24) is 0 Å². The predicted octanol–water partition coefficient (Wildman–Crippen LogP) is 14.1. The van der Waals surface area contributed by atoms with Crippen LogP contribution in [0.15, 0.2) is 0 Å². The molecule has 302 valence electrons. The lowest BCUT2D eigenvalue weighted by Crippen LogP contribution is -2.30. The summed E-state index contributed by atoms with van der Waals surface area (Å²) in [4.78, 5) is 37.4. The summed E-state index contributed by atoms with van der Waals surface area (Å²) < 4.78 is 16.6. The van der Waals surface area contributed by atoms with E-state index in [0.29, 0.717) is 19.3 Å². The Morgan fingerprint density at radius 1 is 0.314 bits per heavy atom. The molecule has 0 aromatic heterocycles. The van der Waals surface area contributed by atoms with E-state index in [1.165, 1.54) is 148 Å². The van der Waals surface area contributed by atoms with Crippen LogP contribution in [-0.4, -0.2) is 37.2 Å². The molecule has 6 heteroatoms. The van der Waals surface area contributed by atoms with Crippen LogP contribution in [0.1, 0.15) is 252 Å². The zero-order valence-corrected chi connectivity index (χ0v) is 34.4. The third-order valence-electron chi connectivity index (χ3n) is 10.1. The summed E-state index contributed by atoms with van der Waals surface area (Å²) in [6.07, 6.45) is 41.1. The van der Waals surface area contributed by atoms with Crippen molar-refractivity contribution in [3.63, 3.8) is 0 Å². The van der Waals surface area contributed by atoms with Gasteiger partial charge < -0.3 is 14.2 Å². The van der Waals surface area contributed by atoms with Gasteiger partial charge in [0.05, 0.1) is 0 Å². The fraction of sp³-hybridized carbons (Fsp3) is 0.933. The van der Waals surface area contributed by atoms with E-state index in [0.717, 1.165) is 64.2 Å². The third kappa shape index (κ3) is 39.5. The Morgan fingerprint density at radius 2 is 0.529 bits per heavy atom. The number of hydrogen-bond donors (Lipinski definition) is 0. The van der Waals surface area contributed by atoms with Crippen molar-refractivity contribution < 1.29 is 28.6 Å². The molecule has 0 fully saturated rings. The van der Waals surface area contributed by atoms with E-state index < -0.39 is 6.10 Å². The minimum atomic E-state index is -0.756. The zero-order chi connectivity index (χ0) is 37.3. The molecule has 0 spiro atoms. The van der Waals surface area contributed by atoms with Gasteiger partial charge in [-0.05, 0) is 19.3 Å². The summed E-state index contributed by atoms with van der Waals surface area (Å²) in [5.41, 5.74) is 0. The standard InChI is InChI=1S/C45H86O6/c1-4-7-10-13-15-17-19-21-22-24-26-28-30-33-36-39-45(48)51-42(40-49-43(46)37-34-31-12-9-6-3)41-50-44(47)38-35-32-29-27-25-23-20-18-16-14-11-8-5-2/h42H,4-41H2,1-3H3/t42-/m1/s1. The van der Waals surface area contributed by atoms with E-state index >= 15 is 0 Å². The normalized spacial score (nSPS) is 11.8. The highest BCUT2D eigenvalue weighted by molar-refractivity contribution is 5.71. The van der Waals surface area contributed by atoms with E-state index in [-0.39, 0.29) is 31.1 Å². The maximum Gasteiger partial charge on any atom is 0.306 e. The summed E-state index contributed by atoms with van der Waals surface area (Å²) in [6.45, 7) is 6.57. The average Bonchev–Trinajstić information content (AvgIpc) is 3.12. The quantitative estimate of drug-likeness (QED) is 0.0355. The van der Waals surface area contributed by atoms with Crippen LogP contribution in [-0.2, 0) is 28.6 Å². The van der Waals surface area contributed by atoms with Gasteiger partial charge in [-0.2, -0.15) is 0 Å². The van der Waals surface area contributed by atoms with Crippen molar-refractivity contribution in [2.75, 3.05) is 13.2 Å². The average molecular weight is 723 g/mol. The van der Waals surface area contributed by atoms with E-state index in [2.05, 4.69) is 20.8 Å². The van der Waals surface area contributed by atoms with Crippen molar-refractivity contribution in [1.29, 1.82) is 0 Å². The Hall–Kier alpha value is -1.59. The van der Waals surface area contributed by atoms with Crippen LogP contribution in [0, 0.1) is 0 Å². The molecule has 0 N–H and O–H groups in total.